The molecule has 0 spiro atoms. The molecule has 5 unspecified atom stereocenters. The minimum absolute atomic E-state index is 0.0776. The van der Waals surface area contributed by atoms with Gasteiger partial charge in [-0.3, -0.25) is 4.79 Å². The first-order chi connectivity index (χ1) is 19.5. The molecule has 0 bridgehead atoms. The van der Waals surface area contributed by atoms with Gasteiger partial charge in [-0.2, -0.15) is 0 Å². The summed E-state index contributed by atoms with van der Waals surface area (Å²) in [5.41, 5.74) is 3.02. The summed E-state index contributed by atoms with van der Waals surface area (Å²) in [5, 5.41) is 10.7. The van der Waals surface area contributed by atoms with E-state index >= 15 is 0 Å². The maximum Gasteiger partial charge on any atom is 0.311 e. The molecule has 0 aromatic carbocycles. The highest BCUT2D eigenvalue weighted by Crippen LogP contribution is 2.61. The highest BCUT2D eigenvalue weighted by molar-refractivity contribution is 5.71. The highest BCUT2D eigenvalue weighted by atomic mass is 16.5. The molecule has 0 saturated heterocycles. The predicted octanol–water partition coefficient (Wildman–Crippen LogP) is 10.3. The monoisotopic (exact) mass is 550 g/mol. The number of allylic oxidation sites excluding steroid dienone is 7. The van der Waals surface area contributed by atoms with Crippen LogP contribution in [0.3, 0.4) is 0 Å². The third kappa shape index (κ3) is 8.46. The first-order valence-electron chi connectivity index (χ1n) is 17.2. The lowest BCUT2D eigenvalue weighted by molar-refractivity contribution is -0.139. The van der Waals surface area contributed by atoms with Crippen molar-refractivity contribution < 1.29 is 14.6 Å². The molecule has 5 atom stereocenters. The number of esters is 1. The smallest absolute Gasteiger partial charge is 0.311 e. The lowest BCUT2D eigenvalue weighted by atomic mass is 9.54. The van der Waals surface area contributed by atoms with Crippen LogP contribution >= 0.6 is 0 Å². The second-order valence-electron chi connectivity index (χ2n) is 13.5. The standard InChI is InChI=1S/C37H58O3/c1-3-4-5-6-7-8-9-10-11-12-13-14-15-16-17-21-36(39)40-30-19-18-20-31-29(28-30)22-23-33-32(31)26-27-37(2)34(33)24-25-35(37)38/h10-11,19-20,28,32-35,38H,3-9,12-18,21-27H2,1-2H3. The molecular weight excluding hydrogens is 492 g/mol. The normalized spacial score (nSPS) is 29.6. The van der Waals surface area contributed by atoms with Crippen molar-refractivity contribution in [3.8, 4) is 0 Å². The molecule has 3 nitrogen and oxygen atoms in total. The molecule has 40 heavy (non-hydrogen) atoms. The highest BCUT2D eigenvalue weighted by Gasteiger charge is 2.54. The number of fused-ring (bicyclic) bond motifs is 5. The molecule has 3 heteroatoms. The zero-order chi connectivity index (χ0) is 28.2. The van der Waals surface area contributed by atoms with Crippen LogP contribution in [-0.4, -0.2) is 17.2 Å². The number of ether oxygens (including phenoxy) is 1. The molecule has 0 aliphatic heterocycles. The van der Waals surface area contributed by atoms with Crippen molar-refractivity contribution in [1.29, 1.82) is 0 Å². The van der Waals surface area contributed by atoms with Gasteiger partial charge in [0.2, 0.25) is 0 Å². The van der Waals surface area contributed by atoms with Crippen molar-refractivity contribution in [1.82, 2.24) is 0 Å². The lowest BCUT2D eigenvalue weighted by Gasteiger charge is -2.50. The fraction of sp³-hybridized carbons (Fsp3) is 0.757. The predicted molar refractivity (Wildman–Crippen MR) is 167 cm³/mol. The first kappa shape index (κ1) is 31.3. The molecule has 0 heterocycles. The number of carbonyl (C=O) groups is 1. The second-order valence-corrected chi connectivity index (χ2v) is 13.5. The number of unbranched alkanes of at least 4 members (excludes halogenated alkanes) is 11. The maximum atomic E-state index is 12.6. The SMILES string of the molecule is CCCCCCCCC=CCCCCCCCC(=O)OC1=CCC=C2C(=C1)CCC1C2CCC2(C)C(O)CCC12. The van der Waals surface area contributed by atoms with E-state index in [1.165, 1.54) is 101 Å². The summed E-state index contributed by atoms with van der Waals surface area (Å²) in [6.07, 6.45) is 35.9. The van der Waals surface area contributed by atoms with Crippen LogP contribution in [0.4, 0.5) is 0 Å². The minimum Gasteiger partial charge on any atom is -0.427 e. The molecule has 0 amide bonds. The van der Waals surface area contributed by atoms with E-state index in [0.29, 0.717) is 24.2 Å². The molecule has 3 saturated carbocycles. The van der Waals surface area contributed by atoms with Crippen LogP contribution in [-0.2, 0) is 9.53 Å². The van der Waals surface area contributed by atoms with E-state index in [1.54, 1.807) is 0 Å². The van der Waals surface area contributed by atoms with Gasteiger partial charge in [-0.05, 0) is 124 Å². The van der Waals surface area contributed by atoms with E-state index < -0.39 is 0 Å². The Morgan fingerprint density at radius 3 is 2.38 bits per heavy atom. The average Bonchev–Trinajstić information content (AvgIpc) is 3.11. The van der Waals surface area contributed by atoms with E-state index in [9.17, 15) is 9.90 Å². The fourth-order valence-corrected chi connectivity index (χ4v) is 8.32. The Morgan fingerprint density at radius 1 is 0.925 bits per heavy atom. The van der Waals surface area contributed by atoms with Gasteiger partial charge in [-0.1, -0.05) is 83.4 Å². The van der Waals surface area contributed by atoms with Gasteiger partial charge in [-0.25, -0.2) is 0 Å². The van der Waals surface area contributed by atoms with Crippen molar-refractivity contribution >= 4 is 5.97 Å². The van der Waals surface area contributed by atoms with Crippen LogP contribution in [0.2, 0.25) is 0 Å². The largest absolute Gasteiger partial charge is 0.427 e. The quantitative estimate of drug-likeness (QED) is 0.118. The molecule has 4 rings (SSSR count). The Labute approximate surface area is 245 Å². The van der Waals surface area contributed by atoms with E-state index in [4.69, 9.17) is 4.74 Å². The van der Waals surface area contributed by atoms with Crippen molar-refractivity contribution in [3.63, 3.8) is 0 Å². The molecule has 3 fully saturated rings. The maximum absolute atomic E-state index is 12.6. The molecule has 4 aliphatic rings. The van der Waals surface area contributed by atoms with Crippen molar-refractivity contribution in [2.45, 2.75) is 155 Å². The second kappa shape index (κ2) is 16.1. The van der Waals surface area contributed by atoms with Crippen molar-refractivity contribution in [2.24, 2.45) is 23.2 Å². The van der Waals surface area contributed by atoms with Crippen LogP contribution in [0, 0.1) is 23.2 Å². The summed E-state index contributed by atoms with van der Waals surface area (Å²) in [6.45, 7) is 4.61. The van der Waals surface area contributed by atoms with Crippen LogP contribution in [0.25, 0.3) is 0 Å². The fourth-order valence-electron chi connectivity index (χ4n) is 8.32. The Kier molecular flexibility index (Phi) is 12.6. The van der Waals surface area contributed by atoms with E-state index in [0.717, 1.165) is 44.3 Å². The van der Waals surface area contributed by atoms with Gasteiger partial charge in [0, 0.05) is 6.42 Å². The molecule has 0 radical (unpaired) electrons. The Morgan fingerprint density at radius 2 is 1.62 bits per heavy atom. The van der Waals surface area contributed by atoms with E-state index in [1.807, 2.05) is 0 Å². The summed E-state index contributed by atoms with van der Waals surface area (Å²) in [7, 11) is 0. The Bertz CT molecular complexity index is 924. The average molecular weight is 551 g/mol. The van der Waals surface area contributed by atoms with Crippen molar-refractivity contribution in [2.75, 3.05) is 0 Å². The summed E-state index contributed by atoms with van der Waals surface area (Å²) in [4.78, 5) is 12.6. The van der Waals surface area contributed by atoms with Crippen LogP contribution in [0.15, 0.2) is 47.3 Å². The molecule has 4 aliphatic carbocycles. The number of aliphatic hydroxyl groups is 1. The number of aliphatic hydroxyl groups excluding tert-OH is 1. The topological polar surface area (TPSA) is 46.5 Å². The van der Waals surface area contributed by atoms with E-state index in [2.05, 4.69) is 44.2 Å². The summed E-state index contributed by atoms with van der Waals surface area (Å²) >= 11 is 0. The van der Waals surface area contributed by atoms with Gasteiger partial charge >= 0.3 is 5.97 Å². The van der Waals surface area contributed by atoms with Gasteiger partial charge in [0.25, 0.3) is 0 Å². The summed E-state index contributed by atoms with van der Waals surface area (Å²) in [6, 6.07) is 0. The number of hydrogen-bond donors (Lipinski definition) is 1. The third-order valence-electron chi connectivity index (χ3n) is 10.8. The van der Waals surface area contributed by atoms with Gasteiger partial charge in [0.15, 0.2) is 0 Å². The van der Waals surface area contributed by atoms with Crippen LogP contribution in [0.1, 0.15) is 149 Å². The third-order valence-corrected chi connectivity index (χ3v) is 10.8. The number of hydrogen-bond acceptors (Lipinski definition) is 3. The first-order valence-corrected chi connectivity index (χ1v) is 17.2. The van der Waals surface area contributed by atoms with E-state index in [-0.39, 0.29) is 17.5 Å². The Balaban J connectivity index is 1.08. The Hall–Kier alpha value is -1.61. The van der Waals surface area contributed by atoms with Gasteiger partial charge in [0.05, 0.1) is 6.10 Å². The summed E-state index contributed by atoms with van der Waals surface area (Å²) < 4.78 is 5.85. The van der Waals surface area contributed by atoms with Crippen LogP contribution < -0.4 is 0 Å². The molecule has 0 aromatic rings. The molecule has 0 aromatic heterocycles. The zero-order valence-corrected chi connectivity index (χ0v) is 25.8. The molecule has 1 N–H and O–H groups in total. The van der Waals surface area contributed by atoms with Gasteiger partial charge < -0.3 is 9.84 Å². The minimum atomic E-state index is -0.118. The van der Waals surface area contributed by atoms with Crippen LogP contribution in [0.5, 0.6) is 0 Å². The zero-order valence-electron chi connectivity index (χ0n) is 25.8. The molecule has 224 valence electrons. The summed E-state index contributed by atoms with van der Waals surface area (Å²) in [5.74, 6) is 2.65. The number of rotatable bonds is 16. The van der Waals surface area contributed by atoms with Crippen molar-refractivity contribution in [3.05, 3.63) is 47.3 Å². The van der Waals surface area contributed by atoms with Gasteiger partial charge in [-0.15, -0.1) is 0 Å². The lowest BCUT2D eigenvalue weighted by Crippen LogP contribution is -2.45. The molecular formula is C37H58O3. The van der Waals surface area contributed by atoms with Gasteiger partial charge in [0.1, 0.15) is 5.76 Å². The number of carbonyl (C=O) groups excluding carboxylic acids is 1.